The number of hydrogen-bond donors (Lipinski definition) is 0. The minimum atomic E-state index is 0.0284. The Morgan fingerprint density at radius 2 is 1.91 bits per heavy atom. The molecule has 0 saturated carbocycles. The van der Waals surface area contributed by atoms with E-state index in [9.17, 15) is 4.79 Å². The molecule has 0 saturated heterocycles. The SMILES string of the molecule is CCOc1sc(SCC)cc1-c1cn(C)c(=O)c2ccccc12. The molecule has 2 aromatic heterocycles. The van der Waals surface area contributed by atoms with Gasteiger partial charge in [0.2, 0.25) is 0 Å². The van der Waals surface area contributed by atoms with Crippen LogP contribution in [-0.4, -0.2) is 16.9 Å². The van der Waals surface area contributed by atoms with Crippen LogP contribution in [-0.2, 0) is 7.05 Å². The fourth-order valence-corrected chi connectivity index (χ4v) is 4.74. The minimum absolute atomic E-state index is 0.0284. The number of thioether (sulfide) groups is 1. The second kappa shape index (κ2) is 6.81. The van der Waals surface area contributed by atoms with Crippen molar-refractivity contribution in [3.8, 4) is 16.2 Å². The quantitative estimate of drug-likeness (QED) is 0.624. The van der Waals surface area contributed by atoms with Gasteiger partial charge in [0.05, 0.1) is 10.8 Å². The van der Waals surface area contributed by atoms with Crippen molar-refractivity contribution >= 4 is 33.9 Å². The highest BCUT2D eigenvalue weighted by molar-refractivity contribution is 8.01. The standard InChI is InChI=1S/C18H19NO2S2/c1-4-21-18-14(10-16(23-18)22-5-2)15-11-19(3)17(20)13-9-7-6-8-12(13)15/h6-11H,4-5H2,1-3H3. The van der Waals surface area contributed by atoms with Crippen molar-refractivity contribution in [2.24, 2.45) is 7.05 Å². The van der Waals surface area contributed by atoms with Crippen molar-refractivity contribution in [3.05, 3.63) is 46.9 Å². The Hall–Kier alpha value is -1.72. The van der Waals surface area contributed by atoms with E-state index in [-0.39, 0.29) is 5.56 Å². The number of aromatic nitrogens is 1. The summed E-state index contributed by atoms with van der Waals surface area (Å²) < 4.78 is 8.75. The van der Waals surface area contributed by atoms with Crippen LogP contribution in [0.15, 0.2) is 45.5 Å². The molecule has 0 atom stereocenters. The maximum Gasteiger partial charge on any atom is 0.258 e. The highest BCUT2D eigenvalue weighted by atomic mass is 32.2. The van der Waals surface area contributed by atoms with Crippen LogP contribution in [0.1, 0.15) is 13.8 Å². The predicted molar refractivity (Wildman–Crippen MR) is 100 cm³/mol. The van der Waals surface area contributed by atoms with Crippen LogP contribution in [0, 0.1) is 0 Å². The Balaban J connectivity index is 2.28. The topological polar surface area (TPSA) is 31.2 Å². The lowest BCUT2D eigenvalue weighted by Gasteiger charge is -2.10. The van der Waals surface area contributed by atoms with Gasteiger partial charge in [0, 0.05) is 29.8 Å². The largest absolute Gasteiger partial charge is 0.484 e. The Morgan fingerprint density at radius 3 is 2.61 bits per heavy atom. The van der Waals surface area contributed by atoms with Gasteiger partial charge < -0.3 is 9.30 Å². The number of hydrogen-bond acceptors (Lipinski definition) is 4. The van der Waals surface area contributed by atoms with Crippen LogP contribution in [0.4, 0.5) is 0 Å². The summed E-state index contributed by atoms with van der Waals surface area (Å²) in [6.45, 7) is 4.77. The fraction of sp³-hybridized carbons (Fsp3) is 0.278. The predicted octanol–water partition coefficient (Wildman–Crippen LogP) is 4.78. The van der Waals surface area contributed by atoms with Crippen molar-refractivity contribution in [2.45, 2.75) is 18.1 Å². The summed E-state index contributed by atoms with van der Waals surface area (Å²) in [5.41, 5.74) is 2.14. The number of ether oxygens (including phenoxy) is 1. The Morgan fingerprint density at radius 1 is 1.17 bits per heavy atom. The van der Waals surface area contributed by atoms with Crippen LogP contribution >= 0.6 is 23.1 Å². The zero-order chi connectivity index (χ0) is 16.4. The molecule has 3 nitrogen and oxygen atoms in total. The van der Waals surface area contributed by atoms with Crippen LogP contribution < -0.4 is 10.3 Å². The summed E-state index contributed by atoms with van der Waals surface area (Å²) in [5, 5.41) is 2.64. The van der Waals surface area contributed by atoms with Gasteiger partial charge in [-0.3, -0.25) is 4.79 Å². The summed E-state index contributed by atoms with van der Waals surface area (Å²) in [5.74, 6) is 1.03. The first-order valence-electron chi connectivity index (χ1n) is 7.63. The van der Waals surface area contributed by atoms with Gasteiger partial charge in [0.1, 0.15) is 0 Å². The third kappa shape index (κ3) is 3.03. The van der Waals surface area contributed by atoms with Gasteiger partial charge in [-0.15, -0.1) is 11.8 Å². The lowest BCUT2D eigenvalue weighted by molar-refractivity contribution is 0.351. The lowest BCUT2D eigenvalue weighted by Crippen LogP contribution is -2.16. The molecule has 1 aromatic carbocycles. The molecule has 0 fully saturated rings. The average molecular weight is 345 g/mol. The van der Waals surface area contributed by atoms with Gasteiger partial charge in [-0.05, 0) is 30.2 Å². The molecule has 0 aliphatic carbocycles. The van der Waals surface area contributed by atoms with Crippen LogP contribution in [0.3, 0.4) is 0 Å². The summed E-state index contributed by atoms with van der Waals surface area (Å²) in [7, 11) is 1.80. The van der Waals surface area contributed by atoms with E-state index in [1.54, 1.807) is 23.0 Å². The summed E-state index contributed by atoms with van der Waals surface area (Å²) in [4.78, 5) is 12.4. The number of pyridine rings is 1. The molecule has 0 N–H and O–H groups in total. The van der Waals surface area contributed by atoms with E-state index >= 15 is 0 Å². The molecule has 0 aliphatic rings. The summed E-state index contributed by atoms with van der Waals surface area (Å²) >= 11 is 3.49. The molecule has 0 aliphatic heterocycles. The van der Waals surface area contributed by atoms with Crippen LogP contribution in [0.5, 0.6) is 5.06 Å². The molecule has 5 heteroatoms. The van der Waals surface area contributed by atoms with E-state index in [4.69, 9.17) is 4.74 Å². The number of fused-ring (bicyclic) bond motifs is 1. The molecule has 2 heterocycles. The second-order valence-electron chi connectivity index (χ2n) is 5.14. The number of aryl methyl sites for hydroxylation is 1. The molecule has 0 amide bonds. The van der Waals surface area contributed by atoms with E-state index in [1.165, 1.54) is 4.21 Å². The van der Waals surface area contributed by atoms with E-state index in [0.717, 1.165) is 32.7 Å². The van der Waals surface area contributed by atoms with Gasteiger partial charge in [-0.2, -0.15) is 0 Å². The van der Waals surface area contributed by atoms with Crippen molar-refractivity contribution in [1.29, 1.82) is 0 Å². The molecule has 3 rings (SSSR count). The molecule has 0 bridgehead atoms. The first-order valence-corrected chi connectivity index (χ1v) is 9.44. The number of rotatable bonds is 5. The van der Waals surface area contributed by atoms with Gasteiger partial charge in [0.25, 0.3) is 5.56 Å². The van der Waals surface area contributed by atoms with Crippen molar-refractivity contribution in [1.82, 2.24) is 4.57 Å². The zero-order valence-electron chi connectivity index (χ0n) is 13.5. The van der Waals surface area contributed by atoms with Crippen LogP contribution in [0.2, 0.25) is 0 Å². The normalized spacial score (nSPS) is 11.1. The highest BCUT2D eigenvalue weighted by Crippen LogP contribution is 2.44. The maximum absolute atomic E-state index is 12.4. The molecule has 120 valence electrons. The molecule has 0 spiro atoms. The molecule has 0 radical (unpaired) electrons. The molecular weight excluding hydrogens is 326 g/mol. The van der Waals surface area contributed by atoms with E-state index in [0.29, 0.717) is 6.61 Å². The summed E-state index contributed by atoms with van der Waals surface area (Å²) in [6.07, 6.45) is 1.91. The fourth-order valence-electron chi connectivity index (χ4n) is 2.62. The third-order valence-electron chi connectivity index (χ3n) is 3.62. The Bertz CT molecular complexity index is 896. The van der Waals surface area contributed by atoms with E-state index in [1.807, 2.05) is 49.1 Å². The highest BCUT2D eigenvalue weighted by Gasteiger charge is 2.16. The number of nitrogens with zero attached hydrogens (tertiary/aromatic N) is 1. The number of thiophene rings is 1. The maximum atomic E-state index is 12.4. The average Bonchev–Trinajstić information content (AvgIpc) is 2.94. The minimum Gasteiger partial charge on any atom is -0.484 e. The van der Waals surface area contributed by atoms with Crippen molar-refractivity contribution in [3.63, 3.8) is 0 Å². The van der Waals surface area contributed by atoms with Gasteiger partial charge >= 0.3 is 0 Å². The first kappa shape index (κ1) is 16.1. The smallest absolute Gasteiger partial charge is 0.258 e. The third-order valence-corrected chi connectivity index (χ3v) is 5.76. The Kier molecular flexibility index (Phi) is 4.78. The molecule has 3 aromatic rings. The van der Waals surface area contributed by atoms with Gasteiger partial charge in [0.15, 0.2) is 5.06 Å². The lowest BCUT2D eigenvalue weighted by atomic mass is 10.0. The van der Waals surface area contributed by atoms with E-state index in [2.05, 4.69) is 13.0 Å². The number of benzene rings is 1. The van der Waals surface area contributed by atoms with Gasteiger partial charge in [-0.1, -0.05) is 36.5 Å². The second-order valence-corrected chi connectivity index (χ2v) is 7.72. The summed E-state index contributed by atoms with van der Waals surface area (Å²) in [6, 6.07) is 9.94. The monoisotopic (exact) mass is 345 g/mol. The van der Waals surface area contributed by atoms with E-state index < -0.39 is 0 Å². The Labute approximate surface area is 143 Å². The van der Waals surface area contributed by atoms with Gasteiger partial charge in [-0.25, -0.2) is 0 Å². The zero-order valence-corrected chi connectivity index (χ0v) is 15.1. The van der Waals surface area contributed by atoms with Crippen molar-refractivity contribution in [2.75, 3.05) is 12.4 Å². The molecule has 0 unspecified atom stereocenters. The van der Waals surface area contributed by atoms with Crippen LogP contribution in [0.25, 0.3) is 21.9 Å². The molecule has 23 heavy (non-hydrogen) atoms. The first-order chi connectivity index (χ1) is 11.2. The van der Waals surface area contributed by atoms with Crippen molar-refractivity contribution < 1.29 is 4.74 Å². The molecular formula is C18H19NO2S2.